The van der Waals surface area contributed by atoms with Gasteiger partial charge < -0.3 is 5.32 Å². The molecule has 0 saturated carbocycles. The van der Waals surface area contributed by atoms with Gasteiger partial charge in [0, 0.05) is 15.4 Å². The minimum absolute atomic E-state index is 0.582. The third-order valence-electron chi connectivity index (χ3n) is 2.57. The fourth-order valence-electron chi connectivity index (χ4n) is 1.60. The Morgan fingerprint density at radius 3 is 2.35 bits per heavy atom. The lowest BCUT2D eigenvalue weighted by Crippen LogP contribution is -2.30. The zero-order chi connectivity index (χ0) is 12.7. The Balaban J connectivity index is 2.38. The van der Waals surface area contributed by atoms with E-state index in [0.29, 0.717) is 6.04 Å². The second-order valence-corrected chi connectivity index (χ2v) is 7.07. The summed E-state index contributed by atoms with van der Waals surface area (Å²) in [7, 11) is 2.06. The molecule has 0 amide bonds. The molecule has 1 aromatic carbocycles. The summed E-state index contributed by atoms with van der Waals surface area (Å²) in [5.41, 5.74) is 1.43. The molecule has 0 spiro atoms. The summed E-state index contributed by atoms with van der Waals surface area (Å²) in [6.45, 7) is 4.56. The van der Waals surface area contributed by atoms with Crippen molar-refractivity contribution in [3.8, 4) is 0 Å². The maximum atomic E-state index is 3.42. The maximum absolute atomic E-state index is 3.42. The molecule has 0 aliphatic rings. The van der Waals surface area contributed by atoms with Crippen LogP contribution < -0.4 is 5.32 Å². The third kappa shape index (κ3) is 6.67. The Labute approximate surface area is 123 Å². The molecular weight excluding hydrogens is 341 g/mol. The van der Waals surface area contributed by atoms with Crippen molar-refractivity contribution in [1.82, 2.24) is 5.32 Å². The van der Waals surface area contributed by atoms with Crippen LogP contribution >= 0.6 is 34.4 Å². The van der Waals surface area contributed by atoms with Gasteiger partial charge in [0.1, 0.15) is 0 Å². The Kier molecular flexibility index (Phi) is 7.55. The van der Waals surface area contributed by atoms with Gasteiger partial charge in [0.2, 0.25) is 0 Å². The van der Waals surface area contributed by atoms with Crippen LogP contribution in [0.5, 0.6) is 0 Å². The fourth-order valence-corrected chi connectivity index (χ4v) is 3.13. The van der Waals surface area contributed by atoms with E-state index in [2.05, 4.69) is 84.8 Å². The van der Waals surface area contributed by atoms with Crippen LogP contribution in [0.4, 0.5) is 0 Å². The number of thioether (sulfide) groups is 1. The molecule has 0 fully saturated rings. The van der Waals surface area contributed by atoms with Crippen LogP contribution in [-0.2, 0) is 6.42 Å². The molecular formula is C14H22INS. The lowest BCUT2D eigenvalue weighted by atomic mass is 10.1. The van der Waals surface area contributed by atoms with Gasteiger partial charge in [-0.2, -0.15) is 11.8 Å². The summed E-state index contributed by atoms with van der Waals surface area (Å²) in [6.07, 6.45) is 1.12. The average molecular weight is 363 g/mol. The largest absolute Gasteiger partial charge is 0.316 e. The van der Waals surface area contributed by atoms with Gasteiger partial charge in [-0.25, -0.2) is 0 Å². The van der Waals surface area contributed by atoms with Crippen molar-refractivity contribution < 1.29 is 0 Å². The molecule has 0 bridgehead atoms. The predicted octanol–water partition coefficient (Wildman–Crippen LogP) is 3.81. The normalized spacial score (nSPS) is 13.0. The molecule has 1 unspecified atom stereocenters. The molecule has 1 atom stereocenters. The standard InChI is InChI=1S/C14H22INS/c1-11(2)9-17-10-14(16-3)8-12-4-6-13(15)7-5-12/h4-7,11,14,16H,8-10H2,1-3H3. The summed E-state index contributed by atoms with van der Waals surface area (Å²) in [6, 6.07) is 9.42. The van der Waals surface area contributed by atoms with Crippen LogP contribution in [0.3, 0.4) is 0 Å². The lowest BCUT2D eigenvalue weighted by Gasteiger charge is -2.16. The highest BCUT2D eigenvalue weighted by Gasteiger charge is 2.07. The summed E-state index contributed by atoms with van der Waals surface area (Å²) in [5, 5.41) is 3.42. The number of halogens is 1. The number of nitrogens with one attached hydrogen (secondary N) is 1. The Bertz CT molecular complexity index is 311. The van der Waals surface area contributed by atoms with Crippen LogP contribution in [0.25, 0.3) is 0 Å². The van der Waals surface area contributed by atoms with E-state index in [-0.39, 0.29) is 0 Å². The molecule has 1 aromatic rings. The summed E-state index contributed by atoms with van der Waals surface area (Å²) in [4.78, 5) is 0. The second kappa shape index (κ2) is 8.38. The first-order valence-electron chi connectivity index (χ1n) is 6.11. The van der Waals surface area contributed by atoms with Crippen LogP contribution in [0.1, 0.15) is 19.4 Å². The van der Waals surface area contributed by atoms with Crippen LogP contribution in [0.15, 0.2) is 24.3 Å². The van der Waals surface area contributed by atoms with Gasteiger partial charge in [-0.05, 0) is 65.4 Å². The molecule has 96 valence electrons. The van der Waals surface area contributed by atoms with Gasteiger partial charge in [-0.15, -0.1) is 0 Å². The smallest absolute Gasteiger partial charge is 0.0195 e. The highest BCUT2D eigenvalue weighted by molar-refractivity contribution is 14.1. The fraction of sp³-hybridized carbons (Fsp3) is 0.571. The van der Waals surface area contributed by atoms with E-state index in [0.717, 1.165) is 12.3 Å². The van der Waals surface area contributed by atoms with E-state index < -0.39 is 0 Å². The zero-order valence-electron chi connectivity index (χ0n) is 10.9. The van der Waals surface area contributed by atoms with Gasteiger partial charge in [0.25, 0.3) is 0 Å². The van der Waals surface area contributed by atoms with Crippen molar-refractivity contribution in [2.24, 2.45) is 5.92 Å². The number of rotatable bonds is 7. The van der Waals surface area contributed by atoms with Gasteiger partial charge >= 0.3 is 0 Å². The van der Waals surface area contributed by atoms with Gasteiger partial charge in [-0.3, -0.25) is 0 Å². The van der Waals surface area contributed by atoms with Gasteiger partial charge in [-0.1, -0.05) is 26.0 Å². The first kappa shape index (κ1) is 15.3. The minimum atomic E-state index is 0.582. The SMILES string of the molecule is CNC(CSCC(C)C)Cc1ccc(I)cc1. The predicted molar refractivity (Wildman–Crippen MR) is 87.9 cm³/mol. The second-order valence-electron chi connectivity index (χ2n) is 4.75. The van der Waals surface area contributed by atoms with Gasteiger partial charge in [0.15, 0.2) is 0 Å². The Morgan fingerprint density at radius 2 is 1.82 bits per heavy atom. The van der Waals surface area contributed by atoms with Crippen molar-refractivity contribution in [3.63, 3.8) is 0 Å². The molecule has 0 saturated heterocycles. The van der Waals surface area contributed by atoms with Crippen LogP contribution in [0, 0.1) is 9.49 Å². The molecule has 0 aliphatic carbocycles. The third-order valence-corrected chi connectivity index (χ3v) is 4.83. The highest BCUT2D eigenvalue weighted by atomic mass is 127. The Morgan fingerprint density at radius 1 is 1.18 bits per heavy atom. The number of benzene rings is 1. The van der Waals surface area contributed by atoms with Crippen molar-refractivity contribution >= 4 is 34.4 Å². The summed E-state index contributed by atoms with van der Waals surface area (Å²) in [5.74, 6) is 3.24. The quantitative estimate of drug-likeness (QED) is 0.740. The average Bonchev–Trinajstić information content (AvgIpc) is 2.30. The molecule has 0 aromatic heterocycles. The highest BCUT2D eigenvalue weighted by Crippen LogP contribution is 2.13. The molecule has 1 N–H and O–H groups in total. The zero-order valence-corrected chi connectivity index (χ0v) is 13.8. The van der Waals surface area contributed by atoms with E-state index in [1.165, 1.54) is 20.6 Å². The minimum Gasteiger partial charge on any atom is -0.316 e. The first-order valence-corrected chi connectivity index (χ1v) is 8.34. The first-order chi connectivity index (χ1) is 8.11. The van der Waals surface area contributed by atoms with E-state index in [9.17, 15) is 0 Å². The van der Waals surface area contributed by atoms with Gasteiger partial charge in [0.05, 0.1) is 0 Å². The van der Waals surface area contributed by atoms with Crippen molar-refractivity contribution in [2.75, 3.05) is 18.6 Å². The Hall–Kier alpha value is 0.260. The lowest BCUT2D eigenvalue weighted by molar-refractivity contribution is 0.616. The molecule has 3 heteroatoms. The molecule has 17 heavy (non-hydrogen) atoms. The summed E-state index contributed by atoms with van der Waals surface area (Å²) < 4.78 is 1.31. The van der Waals surface area contributed by atoms with E-state index in [1.54, 1.807) is 0 Å². The van der Waals surface area contributed by atoms with Crippen molar-refractivity contribution in [3.05, 3.63) is 33.4 Å². The van der Waals surface area contributed by atoms with E-state index >= 15 is 0 Å². The molecule has 0 radical (unpaired) electrons. The van der Waals surface area contributed by atoms with Crippen LogP contribution in [0.2, 0.25) is 0 Å². The van der Waals surface area contributed by atoms with E-state index in [1.807, 2.05) is 0 Å². The topological polar surface area (TPSA) is 12.0 Å². The number of hydrogen-bond acceptors (Lipinski definition) is 2. The number of likely N-dealkylation sites (N-methyl/N-ethyl adjacent to an activating group) is 1. The molecule has 0 heterocycles. The van der Waals surface area contributed by atoms with Crippen LogP contribution in [-0.4, -0.2) is 24.6 Å². The van der Waals surface area contributed by atoms with Crippen molar-refractivity contribution in [2.45, 2.75) is 26.3 Å². The number of hydrogen-bond donors (Lipinski definition) is 1. The molecule has 0 aliphatic heterocycles. The molecule has 1 rings (SSSR count). The summed E-state index contributed by atoms with van der Waals surface area (Å²) >= 11 is 4.40. The van der Waals surface area contributed by atoms with E-state index in [4.69, 9.17) is 0 Å². The molecule has 1 nitrogen and oxygen atoms in total. The van der Waals surface area contributed by atoms with Crippen molar-refractivity contribution in [1.29, 1.82) is 0 Å². The monoisotopic (exact) mass is 363 g/mol. The maximum Gasteiger partial charge on any atom is 0.0195 e.